The highest BCUT2D eigenvalue weighted by Gasteiger charge is 2.55. The number of nitrogens with zero attached hydrogens (tertiary/aromatic N) is 6. The minimum Gasteiger partial charge on any atom is -0.374 e. The predicted molar refractivity (Wildman–Crippen MR) is 104 cm³/mol. The molecule has 3 aromatic heterocycles. The number of fused-ring (bicyclic) bond motifs is 1. The number of carbonyl (C=O) groups is 1. The molecule has 1 unspecified atom stereocenters. The molecule has 4 rings (SSSR count). The predicted octanol–water partition coefficient (Wildman–Crippen LogP) is 2.80. The summed E-state index contributed by atoms with van der Waals surface area (Å²) >= 11 is 0. The number of aromatic nitrogens is 5. The largest absolute Gasteiger partial charge is 0.424 e. The number of aliphatic hydroxyl groups is 1. The maximum absolute atomic E-state index is 13.3. The van der Waals surface area contributed by atoms with Crippen molar-refractivity contribution in [3.8, 4) is 11.4 Å². The number of hydrogen-bond acceptors (Lipinski definition) is 5. The van der Waals surface area contributed by atoms with Crippen molar-refractivity contribution in [1.82, 2.24) is 29.2 Å². The van der Waals surface area contributed by atoms with E-state index >= 15 is 0 Å². The normalized spacial score (nSPS) is 18.4. The van der Waals surface area contributed by atoms with Gasteiger partial charge in [0, 0.05) is 13.6 Å². The Morgan fingerprint density at radius 2 is 1.91 bits per heavy atom. The van der Waals surface area contributed by atoms with Gasteiger partial charge in [0.1, 0.15) is 17.2 Å². The first-order valence-corrected chi connectivity index (χ1v) is 9.71. The number of rotatable bonds is 3. The van der Waals surface area contributed by atoms with Gasteiger partial charge in [0.2, 0.25) is 5.60 Å². The van der Waals surface area contributed by atoms with Gasteiger partial charge in [0.15, 0.2) is 5.82 Å². The Labute approximate surface area is 180 Å². The summed E-state index contributed by atoms with van der Waals surface area (Å²) in [5, 5.41) is 14.3. The van der Waals surface area contributed by atoms with Crippen molar-refractivity contribution in [2.24, 2.45) is 7.05 Å². The Balaban J connectivity index is 1.62. The van der Waals surface area contributed by atoms with Gasteiger partial charge in [0.05, 0.1) is 36.4 Å². The zero-order chi connectivity index (χ0) is 23.4. The topological polar surface area (TPSA) is 89.1 Å². The van der Waals surface area contributed by atoms with E-state index in [1.54, 1.807) is 14.0 Å². The van der Waals surface area contributed by atoms with Crippen LogP contribution in [0.2, 0.25) is 0 Å². The summed E-state index contributed by atoms with van der Waals surface area (Å²) in [4.78, 5) is 22.4. The van der Waals surface area contributed by atoms with Crippen molar-refractivity contribution < 1.29 is 27.5 Å². The number of hydrogen-bond donors (Lipinski definition) is 1. The summed E-state index contributed by atoms with van der Waals surface area (Å²) in [6, 6.07) is 3.65. The van der Waals surface area contributed by atoms with Crippen molar-refractivity contribution >= 4 is 5.91 Å². The molecule has 0 saturated carbocycles. The van der Waals surface area contributed by atoms with Gasteiger partial charge in [-0.2, -0.15) is 18.3 Å². The molecule has 170 valence electrons. The molecule has 4 heterocycles. The molecule has 0 bridgehead atoms. The molecule has 0 aromatic carbocycles. The number of aryl methyl sites for hydroxylation is 1. The van der Waals surface area contributed by atoms with Crippen LogP contribution in [0.1, 0.15) is 41.9 Å². The summed E-state index contributed by atoms with van der Waals surface area (Å²) in [5.41, 5.74) is -1.72. The van der Waals surface area contributed by atoms with E-state index < -0.39 is 29.5 Å². The number of halogens is 4. The van der Waals surface area contributed by atoms with E-state index in [1.807, 2.05) is 0 Å². The average Bonchev–Trinajstić information content (AvgIpc) is 3.31. The highest BCUT2D eigenvalue weighted by Crippen LogP contribution is 2.40. The third-order valence-corrected chi connectivity index (χ3v) is 5.52. The number of amides is 1. The van der Waals surface area contributed by atoms with E-state index in [4.69, 9.17) is 0 Å². The lowest BCUT2D eigenvalue weighted by atomic mass is 10.0. The summed E-state index contributed by atoms with van der Waals surface area (Å²) in [7, 11) is 1.58. The lowest BCUT2D eigenvalue weighted by Gasteiger charge is -2.36. The van der Waals surface area contributed by atoms with Crippen LogP contribution in [-0.2, 0) is 19.2 Å². The summed E-state index contributed by atoms with van der Waals surface area (Å²) in [5.74, 6) is -1.38. The number of carbonyl (C=O) groups excluding carboxylic acids is 1. The Morgan fingerprint density at radius 1 is 1.19 bits per heavy atom. The second-order valence-electron chi connectivity index (χ2n) is 7.95. The van der Waals surface area contributed by atoms with Crippen LogP contribution in [0.5, 0.6) is 0 Å². The molecule has 0 fully saturated rings. The van der Waals surface area contributed by atoms with Crippen molar-refractivity contribution in [3.63, 3.8) is 0 Å². The minimum absolute atomic E-state index is 0.0133. The van der Waals surface area contributed by atoms with Gasteiger partial charge >= 0.3 is 6.18 Å². The van der Waals surface area contributed by atoms with E-state index in [2.05, 4.69) is 15.1 Å². The second kappa shape index (κ2) is 7.40. The third kappa shape index (κ3) is 3.53. The molecule has 1 aliphatic rings. The lowest BCUT2D eigenvalue weighted by Crippen LogP contribution is -2.45. The van der Waals surface area contributed by atoms with E-state index in [1.165, 1.54) is 38.5 Å². The summed E-state index contributed by atoms with van der Waals surface area (Å²) in [6.07, 6.45) is -2.61. The Bertz CT molecular complexity index is 1170. The maximum atomic E-state index is 13.3. The molecule has 0 spiro atoms. The summed E-state index contributed by atoms with van der Waals surface area (Å²) in [6.45, 7) is 2.43. The highest BCUT2D eigenvalue weighted by molar-refractivity contribution is 5.93. The van der Waals surface area contributed by atoms with Crippen molar-refractivity contribution in [2.75, 3.05) is 6.54 Å². The van der Waals surface area contributed by atoms with Crippen LogP contribution >= 0.6 is 0 Å². The van der Waals surface area contributed by atoms with Crippen molar-refractivity contribution in [2.45, 2.75) is 38.2 Å². The van der Waals surface area contributed by atoms with Gasteiger partial charge in [-0.25, -0.2) is 9.37 Å². The molecule has 0 radical (unpaired) electrons. The van der Waals surface area contributed by atoms with Gasteiger partial charge in [-0.3, -0.25) is 14.5 Å². The van der Waals surface area contributed by atoms with Crippen LogP contribution in [0.25, 0.3) is 11.4 Å². The van der Waals surface area contributed by atoms with Crippen LogP contribution in [0.4, 0.5) is 17.6 Å². The maximum Gasteiger partial charge on any atom is 0.424 e. The minimum atomic E-state index is -4.90. The molecule has 0 saturated heterocycles. The first kappa shape index (κ1) is 21.9. The number of imidazole rings is 1. The van der Waals surface area contributed by atoms with E-state index in [0.29, 0.717) is 24.0 Å². The lowest BCUT2D eigenvalue weighted by molar-refractivity contribution is -0.263. The summed E-state index contributed by atoms with van der Waals surface area (Å²) < 4.78 is 55.8. The first-order chi connectivity index (χ1) is 14.9. The SMILES string of the molecule is C[C@H]1CN(C(=O)c2cc(-c3ccc(F)cn3)nn2C)Cc2cnc(C(C)(O)C(F)(F)F)n21. The highest BCUT2D eigenvalue weighted by atomic mass is 19.4. The van der Waals surface area contributed by atoms with Gasteiger partial charge in [-0.05, 0) is 32.0 Å². The second-order valence-corrected chi connectivity index (χ2v) is 7.95. The quantitative estimate of drug-likeness (QED) is 0.618. The van der Waals surface area contributed by atoms with Crippen molar-refractivity contribution in [3.05, 3.63) is 53.6 Å². The Hall–Kier alpha value is -3.28. The van der Waals surface area contributed by atoms with Crippen LogP contribution in [-0.4, -0.2) is 53.0 Å². The molecule has 1 aliphatic heterocycles. The van der Waals surface area contributed by atoms with Crippen LogP contribution in [0, 0.1) is 5.82 Å². The van der Waals surface area contributed by atoms with Gasteiger partial charge in [0.25, 0.3) is 5.91 Å². The van der Waals surface area contributed by atoms with Crippen LogP contribution in [0.3, 0.4) is 0 Å². The Morgan fingerprint density at radius 3 is 2.53 bits per heavy atom. The first-order valence-electron chi connectivity index (χ1n) is 9.71. The van der Waals surface area contributed by atoms with Gasteiger partial charge < -0.3 is 14.6 Å². The third-order valence-electron chi connectivity index (χ3n) is 5.52. The fraction of sp³-hybridized carbons (Fsp3) is 0.400. The standard InChI is InChI=1S/C20H20F4N6O2/c1-11-9-29(10-13-8-26-18(30(11)13)19(2,32)20(22,23)24)17(31)16-6-15(27-28(16)3)14-5-4-12(21)7-25-14/h4-8,11,32H,9-10H2,1-3H3/t11-,19?/m0/s1. The zero-order valence-electron chi connectivity index (χ0n) is 17.4. The van der Waals surface area contributed by atoms with E-state index in [9.17, 15) is 27.5 Å². The molecule has 2 atom stereocenters. The fourth-order valence-corrected chi connectivity index (χ4v) is 3.79. The van der Waals surface area contributed by atoms with Gasteiger partial charge in [-0.1, -0.05) is 0 Å². The molecular weight excluding hydrogens is 432 g/mol. The molecule has 1 N–H and O–H groups in total. The van der Waals surface area contributed by atoms with Crippen LogP contribution in [0.15, 0.2) is 30.6 Å². The molecule has 32 heavy (non-hydrogen) atoms. The smallest absolute Gasteiger partial charge is 0.374 e. The fourth-order valence-electron chi connectivity index (χ4n) is 3.79. The zero-order valence-corrected chi connectivity index (χ0v) is 17.4. The number of pyridine rings is 1. The molecule has 0 aliphatic carbocycles. The van der Waals surface area contributed by atoms with Crippen molar-refractivity contribution in [1.29, 1.82) is 0 Å². The molecule has 1 amide bonds. The molecule has 12 heteroatoms. The van der Waals surface area contributed by atoms with Crippen LogP contribution < -0.4 is 0 Å². The average molecular weight is 452 g/mol. The molecule has 8 nitrogen and oxygen atoms in total. The monoisotopic (exact) mass is 452 g/mol. The van der Waals surface area contributed by atoms with E-state index in [-0.39, 0.29) is 24.7 Å². The molecular formula is C20H20F4N6O2. The molecule has 3 aromatic rings. The Kier molecular flexibility index (Phi) is 5.07. The number of alkyl halides is 3. The van der Waals surface area contributed by atoms with E-state index in [0.717, 1.165) is 6.20 Å². The van der Waals surface area contributed by atoms with Gasteiger partial charge in [-0.15, -0.1) is 0 Å².